The molecule has 2 fully saturated rings. The van der Waals surface area contributed by atoms with Gasteiger partial charge in [0.25, 0.3) is 0 Å². The molecule has 0 unspecified atom stereocenters. The van der Waals surface area contributed by atoms with Gasteiger partial charge in [-0.1, -0.05) is 0 Å². The molecule has 2 aliphatic rings. The van der Waals surface area contributed by atoms with Crippen LogP contribution in [0.3, 0.4) is 0 Å². The lowest BCUT2D eigenvalue weighted by Gasteiger charge is -2.26. The molecular formula is C11H20O2. The minimum Gasteiger partial charge on any atom is -0.396 e. The third kappa shape index (κ3) is 1.50. The summed E-state index contributed by atoms with van der Waals surface area (Å²) in [5, 5.41) is 9.06. The van der Waals surface area contributed by atoms with E-state index in [0.29, 0.717) is 6.61 Å². The molecule has 76 valence electrons. The maximum absolute atomic E-state index is 9.06. The van der Waals surface area contributed by atoms with Crippen LogP contribution in [0.15, 0.2) is 0 Å². The van der Waals surface area contributed by atoms with Gasteiger partial charge in [-0.2, -0.15) is 0 Å². The van der Waals surface area contributed by atoms with Crippen molar-refractivity contribution in [2.45, 2.75) is 38.5 Å². The van der Waals surface area contributed by atoms with Crippen LogP contribution in [0, 0.1) is 10.8 Å². The molecule has 0 amide bonds. The maximum atomic E-state index is 9.06. The zero-order valence-corrected chi connectivity index (χ0v) is 8.01. The second-order valence-corrected chi connectivity index (χ2v) is 4.94. The highest BCUT2D eigenvalue weighted by molar-refractivity contribution is 5.04. The van der Waals surface area contributed by atoms with E-state index in [1.165, 1.54) is 0 Å². The average Bonchev–Trinajstić information content (AvgIpc) is 2.71. The minimum absolute atomic E-state index is 0.0869. The lowest BCUT2D eigenvalue weighted by Crippen LogP contribution is -2.20. The maximum Gasteiger partial charge on any atom is 0.0530 e. The van der Waals surface area contributed by atoms with Gasteiger partial charge in [0.1, 0.15) is 0 Å². The highest BCUT2D eigenvalue weighted by Crippen LogP contribution is 2.62. The van der Waals surface area contributed by atoms with Crippen molar-refractivity contribution in [3.63, 3.8) is 0 Å². The van der Waals surface area contributed by atoms with Crippen molar-refractivity contribution in [2.24, 2.45) is 10.8 Å². The van der Waals surface area contributed by atoms with Crippen LogP contribution in [0.1, 0.15) is 42.6 Å². The Morgan fingerprint density at radius 1 is 1.31 bits per heavy atom. The predicted octanol–water partition coefficient (Wildman–Crippen LogP) is 1.97. The Labute approximate surface area is 84.5 Å². The van der Waals surface area contributed by atoms with Gasteiger partial charge in [0.15, 0.2) is 0 Å². The predicted molar refractivity (Wildman–Crippen MR) is 51.5 cm³/mol. The van der Waals surface area contributed by atoms with Crippen LogP contribution in [-0.2, 0) is 4.74 Å². The van der Waals surface area contributed by atoms with Crippen molar-refractivity contribution in [3.05, 3.63) is 0 Å². The summed E-state index contributed by atoms with van der Waals surface area (Å²) < 4.78 is 26.2. The summed E-state index contributed by atoms with van der Waals surface area (Å²) in [6.45, 7) is 0.604. The van der Waals surface area contributed by atoms with Crippen molar-refractivity contribution in [3.8, 4) is 0 Å². The minimum atomic E-state index is -2.26. The molecule has 2 nitrogen and oxygen atoms in total. The van der Waals surface area contributed by atoms with E-state index in [-0.39, 0.29) is 17.4 Å². The van der Waals surface area contributed by atoms with E-state index in [2.05, 4.69) is 0 Å². The molecule has 2 saturated carbocycles. The molecule has 2 rings (SSSR count). The van der Waals surface area contributed by atoms with E-state index in [9.17, 15) is 0 Å². The van der Waals surface area contributed by atoms with Crippen molar-refractivity contribution in [1.82, 2.24) is 0 Å². The molecular weight excluding hydrogens is 164 g/mol. The summed E-state index contributed by atoms with van der Waals surface area (Å²) in [5.41, 5.74) is 0.371. The summed E-state index contributed by atoms with van der Waals surface area (Å²) in [4.78, 5) is 0. The second-order valence-electron chi connectivity index (χ2n) is 4.94. The summed E-state index contributed by atoms with van der Waals surface area (Å²) in [7, 11) is -2.26. The van der Waals surface area contributed by atoms with Crippen LogP contribution < -0.4 is 0 Å². The van der Waals surface area contributed by atoms with Crippen molar-refractivity contribution < 1.29 is 14.0 Å². The number of hydrogen-bond donors (Lipinski definition) is 1. The van der Waals surface area contributed by atoms with Crippen LogP contribution in [0.4, 0.5) is 0 Å². The molecule has 0 aromatic rings. The molecule has 0 aromatic carbocycles. The smallest absolute Gasteiger partial charge is 0.0530 e. The molecule has 0 radical (unpaired) electrons. The Kier molecular flexibility index (Phi) is 1.60. The van der Waals surface area contributed by atoms with Crippen LogP contribution in [-0.4, -0.2) is 25.4 Å². The molecule has 13 heavy (non-hydrogen) atoms. The number of methoxy groups -OCH3 is 1. The third-order valence-corrected chi connectivity index (χ3v) is 4.14. The lowest BCUT2D eigenvalue weighted by atomic mass is 9.80. The van der Waals surface area contributed by atoms with Crippen LogP contribution in [0.5, 0.6) is 0 Å². The Bertz CT molecular complexity index is 254. The monoisotopic (exact) mass is 187 g/mol. The average molecular weight is 187 g/mol. The van der Waals surface area contributed by atoms with E-state index < -0.39 is 7.04 Å². The van der Waals surface area contributed by atoms with Gasteiger partial charge in [-0.05, 0) is 49.4 Å². The van der Waals surface area contributed by atoms with E-state index in [0.717, 1.165) is 38.5 Å². The molecule has 0 saturated heterocycles. The topological polar surface area (TPSA) is 29.5 Å². The standard InChI is InChI=1S/C11H20O2/c1-13-9-11-4-2-10(8-11,3-5-11)6-7-12/h12H,2-9H2,1H3/i1D3. The van der Waals surface area contributed by atoms with E-state index >= 15 is 0 Å². The normalized spacial score (nSPS) is 47.3. The Morgan fingerprint density at radius 2 is 2.00 bits per heavy atom. The van der Waals surface area contributed by atoms with Crippen molar-refractivity contribution in [1.29, 1.82) is 0 Å². The zero-order chi connectivity index (χ0) is 11.9. The Hall–Kier alpha value is -0.0800. The molecule has 0 spiro atoms. The van der Waals surface area contributed by atoms with E-state index in [4.69, 9.17) is 14.0 Å². The molecule has 2 aliphatic carbocycles. The molecule has 0 aromatic heterocycles. The number of aliphatic hydroxyl groups is 1. The van der Waals surface area contributed by atoms with Gasteiger partial charge >= 0.3 is 0 Å². The Balaban J connectivity index is 1.93. The number of fused-ring (bicyclic) bond motifs is 2. The Morgan fingerprint density at radius 3 is 2.62 bits per heavy atom. The molecule has 0 atom stereocenters. The molecule has 0 heterocycles. The molecule has 2 bridgehead atoms. The first-order valence-electron chi connectivity index (χ1n) is 6.64. The number of ether oxygens (including phenoxy) is 1. The van der Waals surface area contributed by atoms with Crippen molar-refractivity contribution >= 4 is 0 Å². The van der Waals surface area contributed by atoms with Gasteiger partial charge in [0, 0.05) is 13.6 Å². The fourth-order valence-electron chi connectivity index (χ4n) is 3.38. The summed E-state index contributed by atoms with van der Waals surface area (Å²) in [6, 6.07) is 0. The van der Waals surface area contributed by atoms with Crippen molar-refractivity contribution in [2.75, 3.05) is 20.3 Å². The van der Waals surface area contributed by atoms with Crippen LogP contribution in [0.25, 0.3) is 0 Å². The number of aliphatic hydroxyl groups excluding tert-OH is 1. The number of hydrogen-bond acceptors (Lipinski definition) is 2. The van der Waals surface area contributed by atoms with Crippen LogP contribution >= 0.6 is 0 Å². The zero-order valence-electron chi connectivity index (χ0n) is 11.0. The fourth-order valence-corrected chi connectivity index (χ4v) is 3.38. The largest absolute Gasteiger partial charge is 0.396 e. The molecule has 0 aliphatic heterocycles. The lowest BCUT2D eigenvalue weighted by molar-refractivity contribution is 0.0860. The molecule has 1 N–H and O–H groups in total. The van der Waals surface area contributed by atoms with Gasteiger partial charge in [-0.25, -0.2) is 0 Å². The first-order valence-corrected chi connectivity index (χ1v) is 5.14. The van der Waals surface area contributed by atoms with E-state index in [1.54, 1.807) is 0 Å². The summed E-state index contributed by atoms with van der Waals surface area (Å²) in [6.07, 6.45) is 6.27. The van der Waals surface area contributed by atoms with Gasteiger partial charge in [-0.15, -0.1) is 0 Å². The molecule has 2 heteroatoms. The first-order chi connectivity index (χ1) is 7.39. The van der Waals surface area contributed by atoms with E-state index in [1.807, 2.05) is 0 Å². The van der Waals surface area contributed by atoms with Gasteiger partial charge in [0.2, 0.25) is 0 Å². The third-order valence-electron chi connectivity index (χ3n) is 4.14. The number of rotatable bonds is 4. The SMILES string of the molecule is [2H]C([2H])([2H])OCC12CCC(CCO)(CC1)C2. The van der Waals surface area contributed by atoms with Gasteiger partial charge in [0.05, 0.1) is 10.7 Å². The fraction of sp³-hybridized carbons (Fsp3) is 1.00. The summed E-state index contributed by atoms with van der Waals surface area (Å²) in [5.74, 6) is 0. The first kappa shape index (κ1) is 6.41. The van der Waals surface area contributed by atoms with Gasteiger partial charge in [-0.3, -0.25) is 0 Å². The second kappa shape index (κ2) is 3.25. The highest BCUT2D eigenvalue weighted by atomic mass is 16.5. The highest BCUT2D eigenvalue weighted by Gasteiger charge is 2.53. The van der Waals surface area contributed by atoms with Gasteiger partial charge < -0.3 is 9.84 Å². The summed E-state index contributed by atoms with van der Waals surface area (Å²) >= 11 is 0. The quantitative estimate of drug-likeness (QED) is 0.729. The van der Waals surface area contributed by atoms with Crippen LogP contribution in [0.2, 0.25) is 0 Å².